The second-order valence-corrected chi connectivity index (χ2v) is 4.31. The van der Waals surface area contributed by atoms with Crippen LogP contribution in [-0.2, 0) is 0 Å². The minimum atomic E-state index is 0.534. The second-order valence-electron chi connectivity index (χ2n) is 3.45. The average molecular weight is 243 g/mol. The Morgan fingerprint density at radius 1 is 1.24 bits per heavy atom. The van der Waals surface area contributed by atoms with Crippen LogP contribution in [0.1, 0.15) is 0 Å². The Hall–Kier alpha value is -2.21. The molecular weight excluding hydrogens is 234 g/mol. The number of pyridine rings is 1. The van der Waals surface area contributed by atoms with Crippen molar-refractivity contribution in [2.24, 2.45) is 0 Å². The van der Waals surface area contributed by atoms with Gasteiger partial charge in [-0.25, -0.2) is 4.98 Å². The molecule has 6 heteroatoms. The Morgan fingerprint density at radius 2 is 2.18 bits per heavy atom. The highest BCUT2D eigenvalue weighted by Gasteiger charge is 2.10. The van der Waals surface area contributed by atoms with Crippen molar-refractivity contribution in [3.05, 3.63) is 36.0 Å². The van der Waals surface area contributed by atoms with Gasteiger partial charge < -0.3 is 5.73 Å². The van der Waals surface area contributed by atoms with Crippen molar-refractivity contribution in [1.82, 2.24) is 20.2 Å². The topological polar surface area (TPSA) is 80.5 Å². The molecule has 0 saturated heterocycles. The van der Waals surface area contributed by atoms with E-state index in [0.29, 0.717) is 5.82 Å². The summed E-state index contributed by atoms with van der Waals surface area (Å²) in [6.07, 6.45) is 3.43. The molecule has 0 atom stereocenters. The number of nitrogens with zero attached hydrogens (tertiary/aromatic N) is 3. The number of H-pyrrole nitrogens is 1. The fourth-order valence-electron chi connectivity index (χ4n) is 1.50. The van der Waals surface area contributed by atoms with E-state index in [2.05, 4.69) is 20.2 Å². The van der Waals surface area contributed by atoms with Gasteiger partial charge in [-0.3, -0.25) is 10.1 Å². The molecule has 3 aromatic rings. The molecule has 0 unspecified atom stereocenters. The summed E-state index contributed by atoms with van der Waals surface area (Å²) in [5.74, 6) is 0.534. The van der Waals surface area contributed by atoms with Gasteiger partial charge in [-0.1, -0.05) is 6.07 Å². The highest BCUT2D eigenvalue weighted by Crippen LogP contribution is 2.30. The van der Waals surface area contributed by atoms with Crippen LogP contribution in [-0.4, -0.2) is 20.2 Å². The van der Waals surface area contributed by atoms with Crippen molar-refractivity contribution in [2.45, 2.75) is 0 Å². The molecule has 0 amide bonds. The molecule has 3 heterocycles. The summed E-state index contributed by atoms with van der Waals surface area (Å²) in [6, 6.07) is 5.75. The molecule has 5 nitrogen and oxygen atoms in total. The van der Waals surface area contributed by atoms with Gasteiger partial charge in [0.05, 0.1) is 17.5 Å². The predicted molar refractivity (Wildman–Crippen MR) is 67.3 cm³/mol. The smallest absolute Gasteiger partial charge is 0.129 e. The van der Waals surface area contributed by atoms with Crippen molar-refractivity contribution in [2.75, 3.05) is 5.73 Å². The zero-order valence-electron chi connectivity index (χ0n) is 8.79. The Kier molecular flexibility index (Phi) is 2.34. The minimum absolute atomic E-state index is 0.534. The lowest BCUT2D eigenvalue weighted by atomic mass is 10.3. The number of rotatable bonds is 2. The molecule has 0 radical (unpaired) electrons. The zero-order chi connectivity index (χ0) is 11.7. The summed E-state index contributed by atoms with van der Waals surface area (Å²) >= 11 is 1.53. The van der Waals surface area contributed by atoms with E-state index in [9.17, 15) is 0 Å². The number of anilines is 1. The van der Waals surface area contributed by atoms with E-state index < -0.39 is 0 Å². The lowest BCUT2D eigenvalue weighted by Gasteiger charge is -1.93. The Morgan fingerprint density at radius 3 is 2.88 bits per heavy atom. The molecule has 3 rings (SSSR count). The predicted octanol–water partition coefficient (Wildman–Crippen LogP) is 2.18. The molecule has 3 N–H and O–H groups in total. The molecule has 0 aliphatic heterocycles. The maximum Gasteiger partial charge on any atom is 0.129 e. The van der Waals surface area contributed by atoms with Gasteiger partial charge in [0, 0.05) is 11.6 Å². The summed E-state index contributed by atoms with van der Waals surface area (Å²) < 4.78 is 0. The summed E-state index contributed by atoms with van der Waals surface area (Å²) in [6.45, 7) is 0. The van der Waals surface area contributed by atoms with E-state index in [4.69, 9.17) is 5.73 Å². The van der Waals surface area contributed by atoms with Gasteiger partial charge in [0.25, 0.3) is 0 Å². The molecule has 0 spiro atoms. The minimum Gasteiger partial charge on any atom is -0.383 e. The summed E-state index contributed by atoms with van der Waals surface area (Å²) in [4.78, 5) is 8.76. The number of hydrogen-bond acceptors (Lipinski definition) is 5. The first-order valence-corrected chi connectivity index (χ1v) is 5.89. The van der Waals surface area contributed by atoms with Crippen LogP contribution in [0.15, 0.2) is 36.0 Å². The Labute approximate surface area is 101 Å². The van der Waals surface area contributed by atoms with Crippen LogP contribution < -0.4 is 5.73 Å². The van der Waals surface area contributed by atoms with Crippen LogP contribution >= 0.6 is 11.3 Å². The maximum absolute atomic E-state index is 5.75. The van der Waals surface area contributed by atoms with Crippen LogP contribution in [0.5, 0.6) is 0 Å². The quantitative estimate of drug-likeness (QED) is 0.722. The van der Waals surface area contributed by atoms with Crippen LogP contribution in [0.3, 0.4) is 0 Å². The molecule has 0 aliphatic carbocycles. The molecule has 0 aliphatic rings. The van der Waals surface area contributed by atoms with Gasteiger partial charge in [0.15, 0.2) is 0 Å². The lowest BCUT2D eigenvalue weighted by molar-refractivity contribution is 1.10. The molecule has 0 fully saturated rings. The van der Waals surface area contributed by atoms with E-state index in [-0.39, 0.29) is 0 Å². The van der Waals surface area contributed by atoms with Crippen LogP contribution in [0.4, 0.5) is 5.82 Å². The Balaban J connectivity index is 2.02. The van der Waals surface area contributed by atoms with Gasteiger partial charge >= 0.3 is 0 Å². The largest absolute Gasteiger partial charge is 0.383 e. The lowest BCUT2D eigenvalue weighted by Crippen LogP contribution is -1.87. The molecule has 84 valence electrons. The molecular formula is C11H9N5S. The van der Waals surface area contributed by atoms with Gasteiger partial charge in [-0.15, -0.1) is 11.3 Å². The van der Waals surface area contributed by atoms with Gasteiger partial charge in [0.1, 0.15) is 16.5 Å². The van der Waals surface area contributed by atoms with Crippen molar-refractivity contribution in [3.8, 4) is 22.0 Å². The number of aromatic amines is 1. The van der Waals surface area contributed by atoms with Gasteiger partial charge in [-0.2, -0.15) is 5.10 Å². The second kappa shape index (κ2) is 3.99. The number of thiazole rings is 1. The average Bonchev–Trinajstić information content (AvgIpc) is 2.98. The van der Waals surface area contributed by atoms with Crippen LogP contribution in [0.2, 0.25) is 0 Å². The zero-order valence-corrected chi connectivity index (χ0v) is 9.61. The highest BCUT2D eigenvalue weighted by atomic mass is 32.1. The van der Waals surface area contributed by atoms with Crippen molar-refractivity contribution < 1.29 is 0 Å². The number of nitrogen functional groups attached to an aromatic ring is 1. The molecule has 0 aromatic carbocycles. The fraction of sp³-hybridized carbons (Fsp3) is 0. The van der Waals surface area contributed by atoms with Crippen LogP contribution in [0.25, 0.3) is 22.0 Å². The summed E-state index contributed by atoms with van der Waals surface area (Å²) in [5.41, 5.74) is 8.30. The van der Waals surface area contributed by atoms with Gasteiger partial charge in [-0.05, 0) is 12.1 Å². The summed E-state index contributed by atoms with van der Waals surface area (Å²) in [5, 5.41) is 9.38. The van der Waals surface area contributed by atoms with E-state index in [1.165, 1.54) is 11.3 Å². The number of aromatic nitrogens is 4. The van der Waals surface area contributed by atoms with E-state index >= 15 is 0 Å². The van der Waals surface area contributed by atoms with Crippen molar-refractivity contribution in [3.63, 3.8) is 0 Å². The van der Waals surface area contributed by atoms with Gasteiger partial charge in [0.2, 0.25) is 0 Å². The van der Waals surface area contributed by atoms with E-state index in [0.717, 1.165) is 22.0 Å². The first-order valence-electron chi connectivity index (χ1n) is 5.01. The SMILES string of the molecule is Nc1[nH]ncc1-c1nc(-c2ccccn2)cs1. The van der Waals surface area contributed by atoms with Crippen LogP contribution in [0, 0.1) is 0 Å². The third kappa shape index (κ3) is 1.78. The first-order chi connectivity index (χ1) is 8.34. The first kappa shape index (κ1) is 9.98. The highest BCUT2D eigenvalue weighted by molar-refractivity contribution is 7.13. The van der Waals surface area contributed by atoms with Crippen molar-refractivity contribution >= 4 is 17.2 Å². The molecule has 0 bridgehead atoms. The molecule has 3 aromatic heterocycles. The third-order valence-corrected chi connectivity index (χ3v) is 3.21. The summed E-state index contributed by atoms with van der Waals surface area (Å²) in [7, 11) is 0. The normalized spacial score (nSPS) is 10.6. The van der Waals surface area contributed by atoms with E-state index in [1.54, 1.807) is 12.4 Å². The van der Waals surface area contributed by atoms with E-state index in [1.807, 2.05) is 23.6 Å². The molecule has 17 heavy (non-hydrogen) atoms. The standard InChI is InChI=1S/C11H9N5S/c12-10-7(5-14-16-10)11-15-9(6-17-11)8-3-1-2-4-13-8/h1-6H,(H3,12,14,16). The monoisotopic (exact) mass is 243 g/mol. The molecule has 0 saturated carbocycles. The number of hydrogen-bond donors (Lipinski definition) is 2. The number of nitrogens with one attached hydrogen (secondary N) is 1. The fourth-order valence-corrected chi connectivity index (χ4v) is 2.33. The maximum atomic E-state index is 5.75. The Bertz CT molecular complexity index is 628. The third-order valence-electron chi connectivity index (χ3n) is 2.33. The number of nitrogens with two attached hydrogens (primary N) is 1. The van der Waals surface area contributed by atoms with Crippen molar-refractivity contribution in [1.29, 1.82) is 0 Å².